The van der Waals surface area contributed by atoms with Crippen LogP contribution in [0.4, 0.5) is 8.78 Å². The number of nitrogens with zero attached hydrogens (tertiary/aromatic N) is 6. The third-order valence-electron chi connectivity index (χ3n) is 2.93. The minimum atomic E-state index is -4.48. The molecular formula is C9H10F2N6O11. The molecule has 0 heterocycles. The molecule has 0 saturated heterocycles. The van der Waals surface area contributed by atoms with E-state index in [1.165, 1.54) is 0 Å². The first-order chi connectivity index (χ1) is 12.7. The molecule has 0 bridgehead atoms. The van der Waals surface area contributed by atoms with E-state index in [4.69, 9.17) is 5.21 Å². The predicted molar refractivity (Wildman–Crippen MR) is 77.9 cm³/mol. The molecule has 0 aromatic rings. The standard InChI is InChI=1S/C9H10F2N6O11/c1-5(18)28-13-7(4-9(11,16(24)25)17(26)27)6(12-19)2-3-8(10,14(20)21)15(22)23/h19H,2-4H2,1H3. The summed E-state index contributed by atoms with van der Waals surface area (Å²) in [5, 5.41) is 56.3. The highest BCUT2D eigenvalue weighted by Gasteiger charge is 2.60. The van der Waals surface area contributed by atoms with Gasteiger partial charge in [-0.1, -0.05) is 19.1 Å². The molecule has 0 aromatic heterocycles. The number of carbonyl (C=O) groups excluding carboxylic acids is 1. The zero-order valence-electron chi connectivity index (χ0n) is 13.6. The number of hydrogen-bond acceptors (Lipinski definition) is 13. The first kappa shape index (κ1) is 24.1. The van der Waals surface area contributed by atoms with Gasteiger partial charge >= 0.3 is 17.8 Å². The summed E-state index contributed by atoms with van der Waals surface area (Å²) >= 11 is 0. The van der Waals surface area contributed by atoms with Gasteiger partial charge in [0.25, 0.3) is 0 Å². The van der Waals surface area contributed by atoms with Gasteiger partial charge in [0.15, 0.2) is 6.42 Å². The van der Waals surface area contributed by atoms with Crippen LogP contribution in [0, 0.1) is 40.5 Å². The fraction of sp³-hybridized carbons (Fsp3) is 0.667. The Hall–Kier alpha value is -3.93. The fourth-order valence-electron chi connectivity index (χ4n) is 1.49. The summed E-state index contributed by atoms with van der Waals surface area (Å²) in [5.41, 5.74) is -2.49. The summed E-state index contributed by atoms with van der Waals surface area (Å²) in [5.74, 6) is -10.0. The van der Waals surface area contributed by atoms with Gasteiger partial charge < -0.3 is 10.0 Å². The van der Waals surface area contributed by atoms with Crippen molar-refractivity contribution < 1.29 is 43.3 Å². The second-order valence-corrected chi connectivity index (χ2v) is 4.81. The largest absolute Gasteiger partial charge is 0.619 e. The molecule has 17 nitrogen and oxygen atoms in total. The highest BCUT2D eigenvalue weighted by atomic mass is 19.2. The monoisotopic (exact) mass is 416 g/mol. The van der Waals surface area contributed by atoms with Crippen LogP contribution in [0.25, 0.3) is 0 Å². The third kappa shape index (κ3) is 5.54. The molecule has 0 aliphatic heterocycles. The van der Waals surface area contributed by atoms with Crippen molar-refractivity contribution in [1.29, 1.82) is 0 Å². The number of rotatable bonds is 11. The Morgan fingerprint density at radius 1 is 0.964 bits per heavy atom. The minimum absolute atomic E-state index is 0.729. The van der Waals surface area contributed by atoms with E-state index in [9.17, 15) is 54.0 Å². The van der Waals surface area contributed by atoms with Crippen LogP contribution in [-0.2, 0) is 9.63 Å². The van der Waals surface area contributed by atoms with E-state index in [1.54, 1.807) is 0 Å². The van der Waals surface area contributed by atoms with Crippen LogP contribution < -0.4 is 0 Å². The van der Waals surface area contributed by atoms with Crippen molar-refractivity contribution in [3.05, 3.63) is 40.5 Å². The Bertz CT molecular complexity index is 725. The fourth-order valence-corrected chi connectivity index (χ4v) is 1.49. The van der Waals surface area contributed by atoms with E-state index >= 15 is 0 Å². The SMILES string of the molecule is CC(=O)ON=C(CC(F)([N+](=O)[O-])[N+](=O)[O-])C(CCC(F)([N+](=O)[O-])[N+](=O)[O-])=NO. The second kappa shape index (κ2) is 9.14. The lowest BCUT2D eigenvalue weighted by molar-refractivity contribution is -0.832. The van der Waals surface area contributed by atoms with Crippen LogP contribution in [0.1, 0.15) is 26.2 Å². The van der Waals surface area contributed by atoms with E-state index in [2.05, 4.69) is 15.1 Å². The number of carbonyl (C=O) groups is 1. The predicted octanol–water partition coefficient (Wildman–Crippen LogP) is 0.259. The molecule has 19 heteroatoms. The molecule has 0 saturated carbocycles. The normalized spacial score (nSPS) is 13.0. The Kier molecular flexibility index (Phi) is 7.85. The average Bonchev–Trinajstić information content (AvgIpc) is 2.58. The lowest BCUT2D eigenvalue weighted by Gasteiger charge is -2.12. The summed E-state index contributed by atoms with van der Waals surface area (Å²) < 4.78 is 27.7. The highest BCUT2D eigenvalue weighted by molar-refractivity contribution is 6.42. The van der Waals surface area contributed by atoms with E-state index < -0.39 is 68.2 Å². The summed E-state index contributed by atoms with van der Waals surface area (Å²) in [6.45, 7) is 0.729. The van der Waals surface area contributed by atoms with Crippen LogP contribution >= 0.6 is 0 Å². The molecular weight excluding hydrogens is 406 g/mol. The quantitative estimate of drug-likeness (QED) is 0.0909. The summed E-state index contributed by atoms with van der Waals surface area (Å²) in [4.78, 5) is 49.1. The molecule has 0 spiro atoms. The maximum absolute atomic E-state index is 14.0. The lowest BCUT2D eigenvalue weighted by Crippen LogP contribution is -2.45. The Balaban J connectivity index is 5.94. The van der Waals surface area contributed by atoms with Crippen molar-refractivity contribution in [2.45, 2.75) is 38.0 Å². The molecule has 0 aliphatic rings. The second-order valence-electron chi connectivity index (χ2n) is 4.81. The molecule has 1 N–H and O–H groups in total. The molecule has 0 amide bonds. The first-order valence-electron chi connectivity index (χ1n) is 6.64. The summed E-state index contributed by atoms with van der Waals surface area (Å²) in [7, 11) is 0. The van der Waals surface area contributed by atoms with Gasteiger partial charge in [0.05, 0.1) is 0 Å². The zero-order valence-corrected chi connectivity index (χ0v) is 13.6. The zero-order chi connectivity index (χ0) is 22.3. The summed E-state index contributed by atoms with van der Waals surface area (Å²) in [6, 6.07) is 0. The van der Waals surface area contributed by atoms with Crippen molar-refractivity contribution in [1.82, 2.24) is 0 Å². The van der Waals surface area contributed by atoms with E-state index in [-0.39, 0.29) is 0 Å². The molecule has 0 aliphatic carbocycles. The Morgan fingerprint density at radius 3 is 1.71 bits per heavy atom. The molecule has 0 radical (unpaired) electrons. The number of hydrogen-bond donors (Lipinski definition) is 1. The maximum atomic E-state index is 14.0. The highest BCUT2D eigenvalue weighted by Crippen LogP contribution is 2.24. The first-order valence-corrected chi connectivity index (χ1v) is 6.64. The van der Waals surface area contributed by atoms with E-state index in [0.29, 0.717) is 0 Å². The van der Waals surface area contributed by atoms with Crippen molar-refractivity contribution in [3.8, 4) is 0 Å². The van der Waals surface area contributed by atoms with E-state index in [0.717, 1.165) is 6.92 Å². The van der Waals surface area contributed by atoms with Gasteiger partial charge in [0, 0.05) is 13.3 Å². The van der Waals surface area contributed by atoms with Gasteiger partial charge in [-0.25, -0.2) is 4.79 Å². The maximum Gasteiger partial charge on any atom is 0.619 e. The number of oxime groups is 2. The summed E-state index contributed by atoms with van der Waals surface area (Å²) in [6.07, 6.45) is -4.86. The molecule has 156 valence electrons. The molecule has 0 fully saturated rings. The van der Waals surface area contributed by atoms with Crippen molar-refractivity contribution in [2.24, 2.45) is 10.3 Å². The van der Waals surface area contributed by atoms with Gasteiger partial charge in [-0.2, -0.15) is 0 Å². The van der Waals surface area contributed by atoms with Gasteiger partial charge in [0.1, 0.15) is 37.5 Å². The Morgan fingerprint density at radius 2 is 1.39 bits per heavy atom. The molecule has 0 unspecified atom stereocenters. The number of nitro groups is 4. The van der Waals surface area contributed by atoms with Gasteiger partial charge in [-0.15, -0.1) is 0 Å². The van der Waals surface area contributed by atoms with E-state index in [1.807, 2.05) is 0 Å². The molecule has 0 atom stereocenters. The van der Waals surface area contributed by atoms with Crippen LogP contribution in [-0.4, -0.2) is 54.1 Å². The van der Waals surface area contributed by atoms with Crippen molar-refractivity contribution in [3.63, 3.8) is 0 Å². The van der Waals surface area contributed by atoms with Gasteiger partial charge in [-0.05, 0) is 0 Å². The Labute approximate surface area is 150 Å². The number of halogens is 2. The molecule has 28 heavy (non-hydrogen) atoms. The van der Waals surface area contributed by atoms with Gasteiger partial charge in [-0.3, -0.25) is 40.5 Å². The van der Waals surface area contributed by atoms with Crippen LogP contribution in [0.3, 0.4) is 0 Å². The lowest BCUT2D eigenvalue weighted by atomic mass is 10.0. The molecule has 0 rings (SSSR count). The third-order valence-corrected chi connectivity index (χ3v) is 2.93. The molecule has 0 aromatic carbocycles. The van der Waals surface area contributed by atoms with Crippen LogP contribution in [0.15, 0.2) is 10.3 Å². The van der Waals surface area contributed by atoms with Crippen LogP contribution in [0.5, 0.6) is 0 Å². The average molecular weight is 416 g/mol. The topological polar surface area (TPSA) is 244 Å². The van der Waals surface area contributed by atoms with Gasteiger partial charge in [0.2, 0.25) is 0 Å². The smallest absolute Gasteiger partial charge is 0.411 e. The van der Waals surface area contributed by atoms with Crippen LogP contribution in [0.2, 0.25) is 0 Å². The van der Waals surface area contributed by atoms with Crippen molar-refractivity contribution in [2.75, 3.05) is 0 Å². The minimum Gasteiger partial charge on any atom is -0.411 e. The van der Waals surface area contributed by atoms with Crippen molar-refractivity contribution >= 4 is 17.4 Å². The number of alkyl halides is 2.